The van der Waals surface area contributed by atoms with Gasteiger partial charge in [0, 0.05) is 67.7 Å². The van der Waals surface area contributed by atoms with Gasteiger partial charge in [-0.3, -0.25) is 9.55 Å². The average molecular weight is 661 g/mol. The maximum absolute atomic E-state index is 5.24. The van der Waals surface area contributed by atoms with Gasteiger partial charge in [-0.25, -0.2) is 4.98 Å². The van der Waals surface area contributed by atoms with Crippen molar-refractivity contribution in [3.8, 4) is 44.9 Å². The minimum absolute atomic E-state index is 0.944. The van der Waals surface area contributed by atoms with Crippen LogP contribution in [0.2, 0.25) is 0 Å². The van der Waals surface area contributed by atoms with Crippen LogP contribution in [0, 0.1) is 0 Å². The standard InChI is InChI=1S/C48H28N4/c1-2-11-33(12-3-1)51-43-16-7-6-13-35(43)38-24-31(17-19-44(38)51)32-18-20-45-39(25-32)40-23-29-9-4-5-10-30(29)26-46(40)52(45)48-37-15-8-14-36-41-27-49-22-21-34(41)42(28-50-48)47(36)37/h1-28H. The molecule has 0 bridgehead atoms. The highest BCUT2D eigenvalue weighted by molar-refractivity contribution is 6.19. The largest absolute Gasteiger partial charge is 0.309 e. The van der Waals surface area contributed by atoms with Crippen LogP contribution < -0.4 is 0 Å². The van der Waals surface area contributed by atoms with Crippen molar-refractivity contribution in [2.45, 2.75) is 0 Å². The van der Waals surface area contributed by atoms with E-state index in [4.69, 9.17) is 4.98 Å². The highest BCUT2D eigenvalue weighted by Crippen LogP contribution is 2.48. The third-order valence-electron chi connectivity index (χ3n) is 11.2. The Balaban J connectivity index is 1.12. The van der Waals surface area contributed by atoms with Crippen molar-refractivity contribution in [1.29, 1.82) is 0 Å². The SMILES string of the molecule is c1ccc(-n2c3ccccc3c3cc(-c4ccc5c(c4)c4cc6ccccc6cc4n5-c4ncc5c6c(cccc46)-c4cnccc4-5)ccc32)cc1. The Morgan fingerprint density at radius 2 is 1.06 bits per heavy atom. The van der Waals surface area contributed by atoms with Gasteiger partial charge < -0.3 is 4.57 Å². The van der Waals surface area contributed by atoms with Crippen LogP contribution in [0.3, 0.4) is 0 Å². The molecular weight excluding hydrogens is 633 g/mol. The second-order valence-corrected chi connectivity index (χ2v) is 13.8. The molecule has 7 aromatic carbocycles. The van der Waals surface area contributed by atoms with E-state index >= 15 is 0 Å². The molecule has 1 aliphatic carbocycles. The van der Waals surface area contributed by atoms with Gasteiger partial charge in [0.2, 0.25) is 0 Å². The monoisotopic (exact) mass is 660 g/mol. The Hall–Kier alpha value is -7.04. The quantitative estimate of drug-likeness (QED) is 0.189. The zero-order valence-corrected chi connectivity index (χ0v) is 28.0. The minimum Gasteiger partial charge on any atom is -0.309 e. The molecule has 0 saturated heterocycles. The second-order valence-electron chi connectivity index (χ2n) is 13.8. The molecule has 0 spiro atoms. The van der Waals surface area contributed by atoms with Crippen LogP contribution in [0.25, 0.3) is 110 Å². The van der Waals surface area contributed by atoms with Crippen molar-refractivity contribution in [2.24, 2.45) is 0 Å². The van der Waals surface area contributed by atoms with E-state index in [0.717, 1.165) is 22.2 Å². The number of hydrogen-bond donors (Lipinski definition) is 0. The lowest BCUT2D eigenvalue weighted by molar-refractivity contribution is 1.10. The Bertz CT molecular complexity index is 3260. The molecule has 4 aromatic heterocycles. The molecule has 11 aromatic rings. The number of aromatic nitrogens is 4. The Kier molecular flexibility index (Phi) is 5.47. The van der Waals surface area contributed by atoms with Crippen molar-refractivity contribution in [2.75, 3.05) is 0 Å². The van der Waals surface area contributed by atoms with Gasteiger partial charge in [0.1, 0.15) is 5.82 Å². The van der Waals surface area contributed by atoms with E-state index in [2.05, 4.69) is 172 Å². The number of pyridine rings is 2. The molecule has 0 aliphatic heterocycles. The third kappa shape index (κ3) is 3.70. The summed E-state index contributed by atoms with van der Waals surface area (Å²) in [5.41, 5.74) is 13.0. The van der Waals surface area contributed by atoms with Gasteiger partial charge >= 0.3 is 0 Å². The normalized spacial score (nSPS) is 12.2. The van der Waals surface area contributed by atoms with E-state index in [1.807, 2.05) is 12.4 Å². The van der Waals surface area contributed by atoms with Crippen LogP contribution in [0.4, 0.5) is 0 Å². The molecule has 12 rings (SSSR count). The third-order valence-corrected chi connectivity index (χ3v) is 11.2. The lowest BCUT2D eigenvalue weighted by Gasteiger charge is -2.12. The first-order valence-electron chi connectivity index (χ1n) is 17.7. The highest BCUT2D eigenvalue weighted by atomic mass is 15.1. The molecular formula is C48H28N4. The fourth-order valence-corrected chi connectivity index (χ4v) is 8.86. The van der Waals surface area contributed by atoms with Crippen molar-refractivity contribution >= 4 is 65.2 Å². The molecule has 0 radical (unpaired) electrons. The summed E-state index contributed by atoms with van der Waals surface area (Å²) in [5, 5.41) is 9.75. The van der Waals surface area contributed by atoms with E-state index < -0.39 is 0 Å². The Morgan fingerprint density at radius 1 is 0.385 bits per heavy atom. The zero-order chi connectivity index (χ0) is 33.9. The van der Waals surface area contributed by atoms with Gasteiger partial charge in [-0.15, -0.1) is 0 Å². The highest BCUT2D eigenvalue weighted by Gasteiger charge is 2.25. The lowest BCUT2D eigenvalue weighted by Crippen LogP contribution is -1.99. The molecule has 0 fully saturated rings. The number of fused-ring (bicyclic) bond motifs is 10. The fraction of sp³-hybridized carbons (Fsp3) is 0. The molecule has 0 unspecified atom stereocenters. The number of hydrogen-bond acceptors (Lipinski definition) is 2. The molecule has 1 aliphatic rings. The van der Waals surface area contributed by atoms with E-state index in [0.29, 0.717) is 0 Å². The maximum Gasteiger partial charge on any atom is 0.145 e. The predicted molar refractivity (Wildman–Crippen MR) is 216 cm³/mol. The van der Waals surface area contributed by atoms with Gasteiger partial charge in [-0.05, 0) is 93.7 Å². The Morgan fingerprint density at radius 3 is 1.90 bits per heavy atom. The van der Waals surface area contributed by atoms with Crippen LogP contribution >= 0.6 is 0 Å². The summed E-state index contributed by atoms with van der Waals surface area (Å²) < 4.78 is 4.75. The summed E-state index contributed by atoms with van der Waals surface area (Å²) in [5.74, 6) is 0.944. The summed E-state index contributed by atoms with van der Waals surface area (Å²) in [6.07, 6.45) is 5.91. The molecule has 240 valence electrons. The summed E-state index contributed by atoms with van der Waals surface area (Å²) in [6, 6.07) is 55.3. The number of nitrogens with zero attached hydrogens (tertiary/aromatic N) is 4. The van der Waals surface area contributed by atoms with Gasteiger partial charge in [0.05, 0.1) is 22.1 Å². The first-order chi connectivity index (χ1) is 25.8. The number of benzene rings is 7. The smallest absolute Gasteiger partial charge is 0.145 e. The van der Waals surface area contributed by atoms with Crippen molar-refractivity contribution < 1.29 is 0 Å². The average Bonchev–Trinajstić information content (AvgIpc) is 3.83. The topological polar surface area (TPSA) is 35.6 Å². The van der Waals surface area contributed by atoms with Gasteiger partial charge in [0.15, 0.2) is 0 Å². The van der Waals surface area contributed by atoms with E-state index in [9.17, 15) is 0 Å². The van der Waals surface area contributed by atoms with Gasteiger partial charge in [-0.2, -0.15) is 0 Å². The maximum atomic E-state index is 5.24. The molecule has 52 heavy (non-hydrogen) atoms. The summed E-state index contributed by atoms with van der Waals surface area (Å²) in [7, 11) is 0. The molecule has 4 heteroatoms. The predicted octanol–water partition coefficient (Wildman–Crippen LogP) is 12.3. The van der Waals surface area contributed by atoms with Gasteiger partial charge in [0.25, 0.3) is 0 Å². The Labute approximate surface area is 298 Å². The molecule has 0 N–H and O–H groups in total. The van der Waals surface area contributed by atoms with Crippen LogP contribution in [-0.2, 0) is 0 Å². The number of rotatable bonds is 3. The zero-order valence-electron chi connectivity index (χ0n) is 28.0. The summed E-state index contributed by atoms with van der Waals surface area (Å²) in [6.45, 7) is 0. The fourth-order valence-electron chi connectivity index (χ4n) is 8.86. The molecule has 4 heterocycles. The second kappa shape index (κ2) is 10.3. The van der Waals surface area contributed by atoms with E-state index in [1.165, 1.54) is 87.8 Å². The minimum atomic E-state index is 0.944. The van der Waals surface area contributed by atoms with Crippen LogP contribution in [0.15, 0.2) is 170 Å². The molecule has 0 amide bonds. The summed E-state index contributed by atoms with van der Waals surface area (Å²) in [4.78, 5) is 9.71. The van der Waals surface area contributed by atoms with Crippen molar-refractivity contribution in [3.63, 3.8) is 0 Å². The molecule has 4 nitrogen and oxygen atoms in total. The van der Waals surface area contributed by atoms with Crippen molar-refractivity contribution in [3.05, 3.63) is 170 Å². The summed E-state index contributed by atoms with van der Waals surface area (Å²) >= 11 is 0. The molecule has 0 atom stereocenters. The number of para-hydroxylation sites is 2. The first kappa shape index (κ1) is 27.7. The van der Waals surface area contributed by atoms with Crippen molar-refractivity contribution in [1.82, 2.24) is 19.1 Å². The van der Waals surface area contributed by atoms with E-state index in [-0.39, 0.29) is 0 Å². The lowest BCUT2D eigenvalue weighted by atomic mass is 10.00. The van der Waals surface area contributed by atoms with Crippen LogP contribution in [0.5, 0.6) is 0 Å². The van der Waals surface area contributed by atoms with Crippen LogP contribution in [0.1, 0.15) is 0 Å². The first-order valence-corrected chi connectivity index (χ1v) is 17.7. The van der Waals surface area contributed by atoms with Crippen LogP contribution in [-0.4, -0.2) is 19.1 Å². The van der Waals surface area contributed by atoms with E-state index in [1.54, 1.807) is 0 Å². The van der Waals surface area contributed by atoms with Gasteiger partial charge in [-0.1, -0.05) is 91.0 Å². The molecule has 0 saturated carbocycles.